The summed E-state index contributed by atoms with van der Waals surface area (Å²) in [6.07, 6.45) is 1.14. The molecule has 0 spiro atoms. The Kier molecular flexibility index (Phi) is 4.66. The van der Waals surface area contributed by atoms with Crippen molar-refractivity contribution >= 4 is 16.7 Å². The van der Waals surface area contributed by atoms with E-state index >= 15 is 0 Å². The number of hydrogen-bond donors (Lipinski definition) is 0. The first kappa shape index (κ1) is 18.6. The van der Waals surface area contributed by atoms with Crippen LogP contribution in [0.1, 0.15) is 54.0 Å². The number of nitrogens with zero attached hydrogens (tertiary/aromatic N) is 1. The van der Waals surface area contributed by atoms with E-state index in [4.69, 9.17) is 9.15 Å². The largest absolute Gasteiger partial charge is 0.472 e. The van der Waals surface area contributed by atoms with E-state index in [9.17, 15) is 4.79 Å². The van der Waals surface area contributed by atoms with Gasteiger partial charge in [0.1, 0.15) is 11.3 Å². The first-order valence-electron chi connectivity index (χ1n) is 9.94. The topological polar surface area (TPSA) is 42.7 Å². The molecule has 0 unspecified atom stereocenters. The fraction of sp³-hybridized carbons (Fsp3) is 0.375. The monoisotopic (exact) mass is 377 g/mol. The van der Waals surface area contributed by atoms with Crippen LogP contribution in [0.3, 0.4) is 0 Å². The highest BCUT2D eigenvalue weighted by atomic mass is 16.5. The lowest BCUT2D eigenvalue weighted by Gasteiger charge is -2.32. The van der Waals surface area contributed by atoms with Crippen molar-refractivity contribution in [3.05, 3.63) is 68.6 Å². The smallest absolute Gasteiger partial charge is 0.339 e. The summed E-state index contributed by atoms with van der Waals surface area (Å²) in [5, 5.41) is 0.992. The molecular formula is C24H27NO3. The van der Waals surface area contributed by atoms with E-state index in [0.717, 1.165) is 46.5 Å². The number of fused-ring (bicyclic) bond motifs is 2. The van der Waals surface area contributed by atoms with E-state index < -0.39 is 0 Å². The van der Waals surface area contributed by atoms with Gasteiger partial charge in [0.05, 0.1) is 0 Å². The van der Waals surface area contributed by atoms with Gasteiger partial charge < -0.3 is 14.1 Å². The lowest BCUT2D eigenvalue weighted by molar-refractivity contribution is 0.287. The van der Waals surface area contributed by atoms with Gasteiger partial charge in [-0.2, -0.15) is 0 Å². The highest BCUT2D eigenvalue weighted by Gasteiger charge is 2.23. The van der Waals surface area contributed by atoms with Crippen molar-refractivity contribution in [3.8, 4) is 5.75 Å². The van der Waals surface area contributed by atoms with Gasteiger partial charge in [0.15, 0.2) is 6.73 Å². The maximum absolute atomic E-state index is 12.1. The van der Waals surface area contributed by atoms with Gasteiger partial charge >= 0.3 is 5.63 Å². The van der Waals surface area contributed by atoms with Crippen molar-refractivity contribution in [1.82, 2.24) is 0 Å². The Morgan fingerprint density at radius 1 is 1.07 bits per heavy atom. The maximum Gasteiger partial charge on any atom is 0.339 e. The molecule has 4 heteroatoms. The number of ether oxygens (including phenoxy) is 1. The Balaban J connectivity index is 1.72. The summed E-state index contributed by atoms with van der Waals surface area (Å²) in [5.41, 5.74) is 6.56. The minimum Gasteiger partial charge on any atom is -0.472 e. The Bertz CT molecular complexity index is 1100. The zero-order valence-electron chi connectivity index (χ0n) is 17.3. The van der Waals surface area contributed by atoms with Crippen LogP contribution in [0.4, 0.5) is 5.69 Å². The third kappa shape index (κ3) is 2.97. The predicted molar refractivity (Wildman–Crippen MR) is 114 cm³/mol. The molecule has 2 heterocycles. The van der Waals surface area contributed by atoms with Crippen LogP contribution in [0.5, 0.6) is 5.75 Å². The molecule has 1 aromatic heterocycles. The van der Waals surface area contributed by atoms with Crippen LogP contribution in [-0.2, 0) is 6.54 Å². The minimum atomic E-state index is -0.271. The van der Waals surface area contributed by atoms with Gasteiger partial charge in [0, 0.05) is 34.3 Å². The second-order valence-corrected chi connectivity index (χ2v) is 7.88. The third-order valence-electron chi connectivity index (χ3n) is 6.17. The van der Waals surface area contributed by atoms with Gasteiger partial charge in [-0.05, 0) is 62.4 Å². The Morgan fingerprint density at radius 2 is 1.79 bits per heavy atom. The number of anilines is 1. The lowest BCUT2D eigenvalue weighted by atomic mass is 9.98. The molecule has 4 nitrogen and oxygen atoms in total. The van der Waals surface area contributed by atoms with Crippen LogP contribution in [0.15, 0.2) is 39.5 Å². The molecule has 1 aliphatic rings. The molecule has 0 radical (unpaired) electrons. The van der Waals surface area contributed by atoms with Crippen molar-refractivity contribution in [2.75, 3.05) is 11.6 Å². The van der Waals surface area contributed by atoms with E-state index in [-0.39, 0.29) is 5.63 Å². The van der Waals surface area contributed by atoms with Crippen LogP contribution < -0.4 is 15.3 Å². The molecule has 0 N–H and O–H groups in total. The molecule has 3 aromatic rings. The van der Waals surface area contributed by atoms with Gasteiger partial charge in [0.25, 0.3) is 0 Å². The maximum atomic E-state index is 12.1. The first-order valence-corrected chi connectivity index (χ1v) is 9.94. The summed E-state index contributed by atoms with van der Waals surface area (Å²) in [5.74, 6) is 1.41. The molecule has 0 saturated heterocycles. The van der Waals surface area contributed by atoms with Crippen molar-refractivity contribution in [1.29, 1.82) is 0 Å². The fourth-order valence-electron chi connectivity index (χ4n) is 3.91. The third-order valence-corrected chi connectivity index (χ3v) is 6.17. The van der Waals surface area contributed by atoms with Crippen LogP contribution in [0.25, 0.3) is 11.0 Å². The molecule has 0 fully saturated rings. The molecule has 4 rings (SSSR count). The zero-order valence-corrected chi connectivity index (χ0v) is 17.3. The molecule has 0 aliphatic carbocycles. The summed E-state index contributed by atoms with van der Waals surface area (Å²) >= 11 is 0. The molecule has 28 heavy (non-hydrogen) atoms. The number of benzene rings is 2. The molecular weight excluding hydrogens is 350 g/mol. The van der Waals surface area contributed by atoms with Crippen molar-refractivity contribution < 1.29 is 9.15 Å². The molecule has 0 saturated carbocycles. The van der Waals surface area contributed by atoms with E-state index in [1.54, 1.807) is 0 Å². The number of aryl methyl sites for hydroxylation is 2. The summed E-state index contributed by atoms with van der Waals surface area (Å²) in [4.78, 5) is 14.3. The van der Waals surface area contributed by atoms with Gasteiger partial charge in [-0.3, -0.25) is 0 Å². The van der Waals surface area contributed by atoms with Crippen LogP contribution in [-0.4, -0.2) is 6.73 Å². The second-order valence-electron chi connectivity index (χ2n) is 7.88. The lowest BCUT2D eigenvalue weighted by Crippen LogP contribution is -2.32. The van der Waals surface area contributed by atoms with E-state index in [1.807, 2.05) is 20.8 Å². The summed E-state index contributed by atoms with van der Waals surface area (Å²) in [6.45, 7) is 11.5. The fourth-order valence-corrected chi connectivity index (χ4v) is 3.91. The normalized spacial score (nSPS) is 14.7. The van der Waals surface area contributed by atoms with E-state index in [1.165, 1.54) is 5.56 Å². The van der Waals surface area contributed by atoms with Crippen LogP contribution in [0.2, 0.25) is 0 Å². The summed E-state index contributed by atoms with van der Waals surface area (Å²) < 4.78 is 11.7. The quantitative estimate of drug-likeness (QED) is 0.558. The van der Waals surface area contributed by atoms with Gasteiger partial charge in [-0.15, -0.1) is 0 Å². The molecule has 0 amide bonds. The SMILES string of the molecule is CC[C@H](C)c1ccc(N2COc3c(cc4c(C)c(C)c(=O)oc4c3C)C2)cc1. The van der Waals surface area contributed by atoms with Gasteiger partial charge in [-0.25, -0.2) is 4.79 Å². The molecule has 2 aromatic carbocycles. The zero-order chi connectivity index (χ0) is 20.0. The molecule has 1 atom stereocenters. The van der Waals surface area contributed by atoms with E-state index in [2.05, 4.69) is 49.1 Å². The Hall–Kier alpha value is -2.75. The minimum absolute atomic E-state index is 0.271. The highest BCUT2D eigenvalue weighted by molar-refractivity contribution is 5.87. The van der Waals surface area contributed by atoms with Gasteiger partial charge in [0.2, 0.25) is 0 Å². The molecule has 0 bridgehead atoms. The second kappa shape index (κ2) is 7.01. The van der Waals surface area contributed by atoms with Crippen molar-refractivity contribution in [3.63, 3.8) is 0 Å². The van der Waals surface area contributed by atoms with Crippen molar-refractivity contribution in [2.24, 2.45) is 0 Å². The van der Waals surface area contributed by atoms with Crippen molar-refractivity contribution in [2.45, 2.75) is 53.5 Å². The van der Waals surface area contributed by atoms with Crippen LogP contribution >= 0.6 is 0 Å². The Labute approximate surface area is 165 Å². The average molecular weight is 377 g/mol. The number of hydrogen-bond acceptors (Lipinski definition) is 4. The van der Waals surface area contributed by atoms with Crippen LogP contribution in [0, 0.1) is 20.8 Å². The molecule has 146 valence electrons. The summed E-state index contributed by atoms with van der Waals surface area (Å²) in [7, 11) is 0. The first-order chi connectivity index (χ1) is 13.4. The highest BCUT2D eigenvalue weighted by Crippen LogP contribution is 2.37. The summed E-state index contributed by atoms with van der Waals surface area (Å²) in [6, 6.07) is 10.9. The Morgan fingerprint density at radius 3 is 2.46 bits per heavy atom. The van der Waals surface area contributed by atoms with Gasteiger partial charge in [-0.1, -0.05) is 26.0 Å². The average Bonchev–Trinajstić information content (AvgIpc) is 2.72. The standard InChI is InChI=1S/C24H27NO3/c1-6-14(2)18-7-9-20(10-8-18)25-12-19-11-21-15(3)16(4)24(26)28-23(21)17(5)22(19)27-13-25/h7-11,14H,6,12-13H2,1-5H3/t14-/m0/s1. The molecule has 1 aliphatic heterocycles. The number of rotatable bonds is 3. The predicted octanol–water partition coefficient (Wildman–Crippen LogP) is 5.59. The van der Waals surface area contributed by atoms with E-state index in [0.29, 0.717) is 23.8 Å².